The lowest BCUT2D eigenvalue weighted by molar-refractivity contribution is -0.122. The van der Waals surface area contributed by atoms with Crippen LogP contribution in [-0.2, 0) is 17.3 Å². The lowest BCUT2D eigenvalue weighted by Gasteiger charge is -2.21. The average molecular weight is 530 g/mol. The van der Waals surface area contributed by atoms with E-state index in [2.05, 4.69) is 70.9 Å². The van der Waals surface area contributed by atoms with Crippen molar-refractivity contribution in [2.24, 2.45) is 13.0 Å². The van der Waals surface area contributed by atoms with Crippen molar-refractivity contribution < 1.29 is 9.90 Å². The van der Waals surface area contributed by atoms with Crippen molar-refractivity contribution in [2.45, 2.75) is 30.3 Å². The van der Waals surface area contributed by atoms with Crippen LogP contribution in [0.15, 0.2) is 52.2 Å². The minimum absolute atomic E-state index is 0.250. The van der Waals surface area contributed by atoms with E-state index in [0.717, 1.165) is 44.9 Å². The van der Waals surface area contributed by atoms with E-state index in [-0.39, 0.29) is 6.47 Å². The van der Waals surface area contributed by atoms with E-state index in [4.69, 9.17) is 9.90 Å². The van der Waals surface area contributed by atoms with Gasteiger partial charge in [0, 0.05) is 53.2 Å². The monoisotopic (exact) mass is 529 g/mol. The van der Waals surface area contributed by atoms with Gasteiger partial charge in [0.1, 0.15) is 0 Å². The van der Waals surface area contributed by atoms with E-state index in [1.807, 2.05) is 26.2 Å². The summed E-state index contributed by atoms with van der Waals surface area (Å²) in [4.78, 5) is 15.4. The summed E-state index contributed by atoms with van der Waals surface area (Å²) in [6.45, 7) is 5.38. The molecule has 33 heavy (non-hydrogen) atoms. The molecule has 5 rings (SSSR count). The predicted molar refractivity (Wildman–Crippen MR) is 133 cm³/mol. The number of carbonyl (C=O) groups is 1. The fourth-order valence-electron chi connectivity index (χ4n) is 4.83. The van der Waals surface area contributed by atoms with Crippen LogP contribution in [0.4, 0.5) is 0 Å². The number of rotatable bonds is 7. The topological polar surface area (TPSA) is 84.1 Å². The molecule has 3 heterocycles. The van der Waals surface area contributed by atoms with Gasteiger partial charge in [-0.15, -0.1) is 10.2 Å². The Bertz CT molecular complexity index is 1110. The summed E-state index contributed by atoms with van der Waals surface area (Å²) in [6.07, 6.45) is 4.34. The maximum absolute atomic E-state index is 8.36. The Morgan fingerprint density at radius 2 is 2.03 bits per heavy atom. The maximum Gasteiger partial charge on any atom is 0.290 e. The SMILES string of the molecule is Cc1ncccc1-c1nnc(SCCCN2C[C@@H]3CC3(c3ccc(Br)cc3)C2)n1C.O=CO. The number of carboxylic acid groups (broad SMARTS) is 1. The summed E-state index contributed by atoms with van der Waals surface area (Å²) in [5.74, 6) is 2.79. The van der Waals surface area contributed by atoms with Crippen molar-refractivity contribution in [3.8, 4) is 11.4 Å². The molecule has 0 radical (unpaired) electrons. The number of hydrogen-bond acceptors (Lipinski definition) is 6. The Hall–Kier alpha value is -2.23. The van der Waals surface area contributed by atoms with Crippen LogP contribution in [0.5, 0.6) is 0 Å². The summed E-state index contributed by atoms with van der Waals surface area (Å²) in [7, 11) is 2.04. The molecule has 1 aliphatic heterocycles. The Morgan fingerprint density at radius 3 is 2.76 bits per heavy atom. The number of pyridine rings is 1. The molecule has 1 aromatic carbocycles. The second-order valence-electron chi connectivity index (χ2n) is 8.61. The molecule has 1 N–H and O–H groups in total. The number of hydrogen-bond donors (Lipinski definition) is 1. The molecule has 9 heteroatoms. The van der Waals surface area contributed by atoms with Gasteiger partial charge in [0.05, 0.1) is 0 Å². The molecule has 1 aliphatic carbocycles. The number of halogens is 1. The number of aromatic nitrogens is 4. The van der Waals surface area contributed by atoms with Gasteiger partial charge in [-0.2, -0.15) is 0 Å². The fourth-order valence-corrected chi connectivity index (χ4v) is 5.93. The zero-order valence-electron chi connectivity index (χ0n) is 18.8. The van der Waals surface area contributed by atoms with Crippen molar-refractivity contribution in [1.82, 2.24) is 24.6 Å². The molecule has 2 aromatic heterocycles. The van der Waals surface area contributed by atoms with E-state index in [1.54, 1.807) is 11.8 Å². The third kappa shape index (κ3) is 5.15. The molecule has 2 fully saturated rings. The normalized spacial score (nSPS) is 21.2. The Balaban J connectivity index is 0.000000821. The largest absolute Gasteiger partial charge is 0.483 e. The summed E-state index contributed by atoms with van der Waals surface area (Å²) in [5, 5.41) is 16.7. The van der Waals surface area contributed by atoms with Gasteiger partial charge in [-0.25, -0.2) is 0 Å². The minimum Gasteiger partial charge on any atom is -0.483 e. The van der Waals surface area contributed by atoms with Crippen LogP contribution < -0.4 is 0 Å². The summed E-state index contributed by atoms with van der Waals surface area (Å²) >= 11 is 5.35. The molecule has 0 spiro atoms. The highest BCUT2D eigenvalue weighted by atomic mass is 79.9. The van der Waals surface area contributed by atoms with Gasteiger partial charge in [0.15, 0.2) is 11.0 Å². The van der Waals surface area contributed by atoms with E-state index in [1.165, 1.54) is 31.5 Å². The molecule has 7 nitrogen and oxygen atoms in total. The van der Waals surface area contributed by atoms with Crippen LogP contribution in [0, 0.1) is 12.8 Å². The first kappa shape index (κ1) is 23.9. The zero-order valence-corrected chi connectivity index (χ0v) is 21.2. The summed E-state index contributed by atoms with van der Waals surface area (Å²) < 4.78 is 3.25. The number of fused-ring (bicyclic) bond motifs is 1. The van der Waals surface area contributed by atoms with E-state index in [0.29, 0.717) is 5.41 Å². The second-order valence-corrected chi connectivity index (χ2v) is 10.6. The van der Waals surface area contributed by atoms with Crippen LogP contribution in [0.1, 0.15) is 24.1 Å². The molecule has 1 saturated carbocycles. The first-order chi connectivity index (χ1) is 16.0. The van der Waals surface area contributed by atoms with Crippen LogP contribution in [-0.4, -0.2) is 61.6 Å². The number of piperidine rings is 1. The summed E-state index contributed by atoms with van der Waals surface area (Å²) in [6, 6.07) is 13.0. The standard InChI is InChI=1S/C23H26BrN5S.CH2O2/c1-16-20(5-3-10-25-16)21-26-27-22(28(21)2)30-12-4-11-29-14-18-13-23(18,15-29)17-6-8-19(24)9-7-17;2-1-3/h3,5-10,18H,4,11-15H2,1-2H3;1H,(H,2,3)/t18-,23?;/m0./s1. The van der Waals surface area contributed by atoms with Gasteiger partial charge >= 0.3 is 0 Å². The molecule has 2 aliphatic rings. The first-order valence-corrected chi connectivity index (χ1v) is 12.8. The zero-order chi connectivity index (χ0) is 23.4. The number of aryl methyl sites for hydroxylation is 1. The molecule has 0 amide bonds. The summed E-state index contributed by atoms with van der Waals surface area (Å²) in [5.41, 5.74) is 3.98. The van der Waals surface area contributed by atoms with Gasteiger partial charge < -0.3 is 14.6 Å². The molecule has 0 bridgehead atoms. The van der Waals surface area contributed by atoms with Crippen molar-refractivity contribution in [3.05, 3.63) is 58.3 Å². The number of likely N-dealkylation sites (tertiary alicyclic amines) is 1. The second kappa shape index (κ2) is 10.4. The van der Waals surface area contributed by atoms with Crippen LogP contribution in [0.3, 0.4) is 0 Å². The number of thioether (sulfide) groups is 1. The van der Waals surface area contributed by atoms with E-state index < -0.39 is 0 Å². The third-order valence-corrected chi connectivity index (χ3v) is 8.20. The number of benzene rings is 1. The van der Waals surface area contributed by atoms with Crippen molar-refractivity contribution in [1.29, 1.82) is 0 Å². The Kier molecular flexibility index (Phi) is 7.51. The molecule has 174 valence electrons. The molecule has 1 saturated heterocycles. The van der Waals surface area contributed by atoms with Gasteiger partial charge in [-0.1, -0.05) is 39.8 Å². The van der Waals surface area contributed by atoms with Crippen molar-refractivity contribution >= 4 is 34.2 Å². The molecular weight excluding hydrogens is 502 g/mol. The van der Waals surface area contributed by atoms with Gasteiger partial charge in [0.2, 0.25) is 0 Å². The lowest BCUT2D eigenvalue weighted by Crippen LogP contribution is -2.27. The Labute approximate surface area is 206 Å². The minimum atomic E-state index is -0.250. The highest BCUT2D eigenvalue weighted by Crippen LogP contribution is 2.59. The third-order valence-electron chi connectivity index (χ3n) is 6.57. The molecule has 3 aromatic rings. The van der Waals surface area contributed by atoms with Crippen LogP contribution >= 0.6 is 27.7 Å². The average Bonchev–Trinajstić information content (AvgIpc) is 3.18. The molecular formula is C24H28BrN5O2S. The first-order valence-electron chi connectivity index (χ1n) is 11.0. The smallest absolute Gasteiger partial charge is 0.290 e. The maximum atomic E-state index is 8.36. The highest BCUT2D eigenvalue weighted by Gasteiger charge is 2.60. The van der Waals surface area contributed by atoms with Crippen molar-refractivity contribution in [2.75, 3.05) is 25.4 Å². The van der Waals surface area contributed by atoms with Crippen molar-refractivity contribution in [3.63, 3.8) is 0 Å². The predicted octanol–water partition coefficient (Wildman–Crippen LogP) is 4.40. The van der Waals surface area contributed by atoms with E-state index in [9.17, 15) is 0 Å². The van der Waals surface area contributed by atoms with Crippen LogP contribution in [0.2, 0.25) is 0 Å². The van der Waals surface area contributed by atoms with Gasteiger partial charge in [-0.05, 0) is 62.1 Å². The lowest BCUT2D eigenvalue weighted by atomic mass is 9.95. The number of nitrogens with zero attached hydrogens (tertiary/aromatic N) is 5. The van der Waals surface area contributed by atoms with Gasteiger partial charge in [-0.3, -0.25) is 9.78 Å². The molecule has 1 unspecified atom stereocenters. The highest BCUT2D eigenvalue weighted by molar-refractivity contribution is 9.10. The molecule has 2 atom stereocenters. The Morgan fingerprint density at radius 1 is 1.27 bits per heavy atom. The quantitative estimate of drug-likeness (QED) is 0.275. The fraction of sp³-hybridized carbons (Fsp3) is 0.417. The van der Waals surface area contributed by atoms with Crippen LogP contribution in [0.25, 0.3) is 11.4 Å². The van der Waals surface area contributed by atoms with Gasteiger partial charge in [0.25, 0.3) is 6.47 Å². The van der Waals surface area contributed by atoms with E-state index >= 15 is 0 Å².